The summed E-state index contributed by atoms with van der Waals surface area (Å²) in [7, 11) is 0. The lowest BCUT2D eigenvalue weighted by atomic mass is 9.95. The summed E-state index contributed by atoms with van der Waals surface area (Å²) in [6.07, 6.45) is -19.1. The van der Waals surface area contributed by atoms with Gasteiger partial charge in [0.25, 0.3) is 0 Å². The largest absolute Gasteiger partial charge is 0.392 e. The van der Waals surface area contributed by atoms with Crippen molar-refractivity contribution in [3.8, 4) is 0 Å². The van der Waals surface area contributed by atoms with E-state index in [2.05, 4.69) is 0 Å². The van der Waals surface area contributed by atoms with E-state index < -0.39 is 48.4 Å². The molecule has 0 aromatic carbocycles. The quantitative estimate of drug-likeness (QED) is 0.458. The van der Waals surface area contributed by atoms with Crippen LogP contribution in [0.2, 0.25) is 0 Å². The van der Waals surface area contributed by atoms with Crippen LogP contribution in [0.3, 0.4) is 0 Å². The molecule has 0 spiro atoms. The first-order chi connectivity index (χ1) is 10.1. The molecule has 0 saturated carbocycles. The predicted octanol–water partition coefficient (Wildman–Crippen LogP) is 6.77. The highest BCUT2D eigenvalue weighted by molar-refractivity contribution is 4.75. The molecule has 148 valence electrons. The number of halogens is 12. The van der Waals surface area contributed by atoms with Crippen LogP contribution < -0.4 is 0 Å². The van der Waals surface area contributed by atoms with Crippen molar-refractivity contribution in [3.05, 3.63) is 0 Å². The fourth-order valence-corrected chi connectivity index (χ4v) is 1.13. The zero-order valence-corrected chi connectivity index (χ0v) is 12.8. The smallest absolute Gasteiger partial charge is 0.171 e. The molecule has 0 aromatic rings. The lowest BCUT2D eigenvalue weighted by molar-refractivity contribution is -0.245. The van der Waals surface area contributed by atoms with E-state index in [0.717, 1.165) is 0 Å². The fraction of sp³-hybridized carbons (Fsp3) is 1.00. The highest BCUT2D eigenvalue weighted by atomic mass is 19.4. The van der Waals surface area contributed by atoms with Gasteiger partial charge in [-0.2, -0.15) is 52.7 Å². The van der Waals surface area contributed by atoms with Crippen molar-refractivity contribution in [1.82, 2.24) is 0 Å². The van der Waals surface area contributed by atoms with Crippen molar-refractivity contribution in [3.63, 3.8) is 0 Å². The first kappa shape index (κ1) is 25.4. The Kier molecular flexibility index (Phi) is 8.49. The molecule has 4 unspecified atom stereocenters. The predicted molar refractivity (Wildman–Crippen MR) is 60.9 cm³/mol. The molecular formula is C12H16F12. The van der Waals surface area contributed by atoms with Gasteiger partial charge >= 0.3 is 24.7 Å². The molecule has 0 saturated heterocycles. The summed E-state index contributed by atoms with van der Waals surface area (Å²) in [6.45, 7) is 2.10. The maximum Gasteiger partial charge on any atom is 0.392 e. The van der Waals surface area contributed by atoms with E-state index in [0.29, 0.717) is 27.7 Å². The van der Waals surface area contributed by atoms with Gasteiger partial charge in [-0.3, -0.25) is 0 Å². The number of hydrogen-bond donors (Lipinski definition) is 0. The van der Waals surface area contributed by atoms with Gasteiger partial charge in [0.05, 0.1) is 23.7 Å². The molecule has 0 fully saturated rings. The molecule has 0 rings (SSSR count). The highest BCUT2D eigenvalue weighted by Crippen LogP contribution is 2.40. The molecule has 0 aliphatic heterocycles. The molecule has 0 aliphatic rings. The Bertz CT molecular complexity index is 286. The highest BCUT2D eigenvalue weighted by Gasteiger charge is 2.50. The van der Waals surface area contributed by atoms with Crippen molar-refractivity contribution < 1.29 is 52.7 Å². The Balaban J connectivity index is 0. The average Bonchev–Trinajstić information content (AvgIpc) is 2.31. The summed E-state index contributed by atoms with van der Waals surface area (Å²) in [5.74, 6) is -9.40. The van der Waals surface area contributed by atoms with E-state index in [1.807, 2.05) is 0 Å². The van der Waals surface area contributed by atoms with Crippen LogP contribution in [-0.4, -0.2) is 24.7 Å². The molecule has 0 bridgehead atoms. The normalized spacial score (nSPS) is 19.0. The number of hydrogen-bond acceptors (Lipinski definition) is 0. The van der Waals surface area contributed by atoms with Gasteiger partial charge in [-0.05, 0) is 0 Å². The van der Waals surface area contributed by atoms with E-state index in [1.165, 1.54) is 0 Å². The van der Waals surface area contributed by atoms with Crippen LogP contribution in [0, 0.1) is 23.7 Å². The third-order valence-electron chi connectivity index (χ3n) is 3.57. The lowest BCUT2D eigenvalue weighted by Gasteiger charge is -2.24. The van der Waals surface area contributed by atoms with Crippen LogP contribution in [0.1, 0.15) is 27.7 Å². The van der Waals surface area contributed by atoms with Gasteiger partial charge in [0.2, 0.25) is 0 Å². The SMILES string of the molecule is CC(C(C)C(F)(F)F)C(F)(F)F.CC(C(C)C(F)(F)F)C(F)(F)F. The number of rotatable bonds is 2. The molecule has 24 heavy (non-hydrogen) atoms. The molecule has 0 nitrogen and oxygen atoms in total. The molecule has 12 heteroatoms. The van der Waals surface area contributed by atoms with Crippen LogP contribution in [0.5, 0.6) is 0 Å². The first-order valence-corrected chi connectivity index (χ1v) is 6.40. The van der Waals surface area contributed by atoms with Gasteiger partial charge in [0.15, 0.2) is 0 Å². The van der Waals surface area contributed by atoms with E-state index in [1.54, 1.807) is 0 Å². The maximum absolute atomic E-state index is 11.7. The summed E-state index contributed by atoms with van der Waals surface area (Å²) in [4.78, 5) is 0. The van der Waals surface area contributed by atoms with Gasteiger partial charge < -0.3 is 0 Å². The summed E-state index contributed by atoms with van der Waals surface area (Å²) in [5.41, 5.74) is 0. The van der Waals surface area contributed by atoms with E-state index >= 15 is 0 Å². The van der Waals surface area contributed by atoms with Crippen molar-refractivity contribution in [2.24, 2.45) is 23.7 Å². The van der Waals surface area contributed by atoms with Crippen LogP contribution in [0.15, 0.2) is 0 Å². The summed E-state index contributed by atoms with van der Waals surface area (Å²) in [5, 5.41) is 0. The fourth-order valence-electron chi connectivity index (χ4n) is 1.13. The van der Waals surface area contributed by atoms with E-state index in [-0.39, 0.29) is 0 Å². The Morgan fingerprint density at radius 3 is 0.458 bits per heavy atom. The molecule has 0 aliphatic carbocycles. The zero-order chi connectivity index (χ0) is 20.3. The topological polar surface area (TPSA) is 0 Å². The van der Waals surface area contributed by atoms with Crippen LogP contribution in [0.25, 0.3) is 0 Å². The van der Waals surface area contributed by atoms with Crippen molar-refractivity contribution >= 4 is 0 Å². The minimum Gasteiger partial charge on any atom is -0.171 e. The minimum atomic E-state index is -4.78. The second-order valence-corrected chi connectivity index (χ2v) is 5.32. The maximum atomic E-state index is 11.7. The van der Waals surface area contributed by atoms with Crippen molar-refractivity contribution in [2.75, 3.05) is 0 Å². The molecule has 4 atom stereocenters. The third-order valence-corrected chi connectivity index (χ3v) is 3.57. The molecule has 0 amide bonds. The second-order valence-electron chi connectivity index (χ2n) is 5.32. The first-order valence-electron chi connectivity index (χ1n) is 6.40. The third kappa shape index (κ3) is 8.86. The Morgan fingerprint density at radius 2 is 0.417 bits per heavy atom. The Labute approximate surface area is 130 Å². The Hall–Kier alpha value is -0.840. The lowest BCUT2D eigenvalue weighted by Crippen LogP contribution is -2.35. The van der Waals surface area contributed by atoms with Crippen molar-refractivity contribution in [2.45, 2.75) is 52.4 Å². The van der Waals surface area contributed by atoms with Gasteiger partial charge in [-0.15, -0.1) is 0 Å². The monoisotopic (exact) mass is 388 g/mol. The second kappa shape index (κ2) is 8.03. The molecule has 0 N–H and O–H groups in total. The van der Waals surface area contributed by atoms with E-state index in [4.69, 9.17) is 0 Å². The minimum absolute atomic E-state index is 0.526. The van der Waals surface area contributed by atoms with Gasteiger partial charge in [0, 0.05) is 0 Å². The standard InChI is InChI=1S/2C6H8F6/c2*1-3(5(7,8)9)4(2)6(10,11)12/h2*3-4H,1-2H3. The van der Waals surface area contributed by atoms with Gasteiger partial charge in [-0.1, -0.05) is 27.7 Å². The van der Waals surface area contributed by atoms with Crippen LogP contribution in [-0.2, 0) is 0 Å². The molecule has 0 heterocycles. The molecule has 0 radical (unpaired) electrons. The Morgan fingerprint density at radius 1 is 0.333 bits per heavy atom. The van der Waals surface area contributed by atoms with Gasteiger partial charge in [0.1, 0.15) is 0 Å². The summed E-state index contributed by atoms with van der Waals surface area (Å²) < 4.78 is 141. The number of alkyl halides is 12. The molecule has 0 aromatic heterocycles. The summed E-state index contributed by atoms with van der Waals surface area (Å²) >= 11 is 0. The van der Waals surface area contributed by atoms with Crippen LogP contribution in [0.4, 0.5) is 52.7 Å². The van der Waals surface area contributed by atoms with E-state index in [9.17, 15) is 52.7 Å². The van der Waals surface area contributed by atoms with Gasteiger partial charge in [-0.25, -0.2) is 0 Å². The zero-order valence-electron chi connectivity index (χ0n) is 12.8. The average molecular weight is 388 g/mol. The van der Waals surface area contributed by atoms with Crippen molar-refractivity contribution in [1.29, 1.82) is 0 Å². The summed E-state index contributed by atoms with van der Waals surface area (Å²) in [6, 6.07) is 0. The molecular weight excluding hydrogens is 372 g/mol. The van der Waals surface area contributed by atoms with Crippen LogP contribution >= 0.6 is 0 Å².